The summed E-state index contributed by atoms with van der Waals surface area (Å²) in [5.41, 5.74) is 0.521. The van der Waals surface area contributed by atoms with Crippen molar-refractivity contribution in [2.24, 2.45) is 0 Å². The highest BCUT2D eigenvalue weighted by Crippen LogP contribution is 2.29. The Bertz CT molecular complexity index is 936. The van der Waals surface area contributed by atoms with Crippen LogP contribution in [-0.2, 0) is 11.2 Å². The number of carbonyl (C=O) groups excluding carboxylic acids is 1. The van der Waals surface area contributed by atoms with Gasteiger partial charge < -0.3 is 20.7 Å². The molecule has 0 aliphatic carbocycles. The van der Waals surface area contributed by atoms with Gasteiger partial charge >= 0.3 is 12.1 Å². The van der Waals surface area contributed by atoms with Crippen molar-refractivity contribution in [3.8, 4) is 0 Å². The Morgan fingerprint density at radius 2 is 2.07 bits per heavy atom. The van der Waals surface area contributed by atoms with Crippen LogP contribution in [0.15, 0.2) is 23.0 Å². The maximum Gasteiger partial charge on any atom is 0.490 e. The molecule has 8 nitrogen and oxygen atoms in total. The lowest BCUT2D eigenvalue weighted by Gasteiger charge is -2.06. The van der Waals surface area contributed by atoms with Crippen LogP contribution in [0.4, 0.5) is 13.2 Å². The van der Waals surface area contributed by atoms with Gasteiger partial charge in [0.05, 0.1) is 4.88 Å². The van der Waals surface area contributed by atoms with Gasteiger partial charge in [-0.3, -0.25) is 9.59 Å². The Morgan fingerprint density at radius 3 is 2.63 bits per heavy atom. The van der Waals surface area contributed by atoms with Gasteiger partial charge in [0, 0.05) is 35.6 Å². The molecule has 3 rings (SSSR count). The number of carboxylic acids is 1. The van der Waals surface area contributed by atoms with E-state index in [2.05, 4.69) is 20.6 Å². The van der Waals surface area contributed by atoms with Gasteiger partial charge in [-0.05, 0) is 38.4 Å². The Kier molecular flexibility index (Phi) is 8.12. The predicted octanol–water partition coefficient (Wildman–Crippen LogP) is 2.17. The third kappa shape index (κ3) is 7.26. The number of thiophene rings is 1. The van der Waals surface area contributed by atoms with Crippen molar-refractivity contribution < 1.29 is 27.9 Å². The van der Waals surface area contributed by atoms with Crippen LogP contribution >= 0.6 is 11.3 Å². The second kappa shape index (κ2) is 10.3. The molecule has 30 heavy (non-hydrogen) atoms. The molecule has 0 aromatic carbocycles. The molecule has 0 spiro atoms. The van der Waals surface area contributed by atoms with Gasteiger partial charge in [0.1, 0.15) is 5.82 Å². The van der Waals surface area contributed by atoms with Crippen molar-refractivity contribution in [2.75, 3.05) is 13.1 Å². The van der Waals surface area contributed by atoms with Gasteiger partial charge in [0.2, 0.25) is 0 Å². The number of halogens is 3. The Hall–Kier alpha value is -2.73. The molecule has 1 aliphatic rings. The lowest BCUT2D eigenvalue weighted by atomic mass is 10.2. The molecular formula is C18H21F3N4O4S. The molecule has 3 heterocycles. The van der Waals surface area contributed by atoms with Crippen LogP contribution in [0.2, 0.25) is 0 Å². The van der Waals surface area contributed by atoms with E-state index >= 15 is 0 Å². The number of aryl methyl sites for hydroxylation is 1. The number of nitrogens with one attached hydrogen (secondary N) is 3. The van der Waals surface area contributed by atoms with E-state index in [1.165, 1.54) is 17.4 Å². The minimum absolute atomic E-state index is 0.0748. The lowest BCUT2D eigenvalue weighted by molar-refractivity contribution is -0.192. The number of carbonyl (C=O) groups is 2. The number of H-pyrrole nitrogens is 1. The molecule has 1 unspecified atom stereocenters. The van der Waals surface area contributed by atoms with Crippen molar-refractivity contribution in [1.29, 1.82) is 0 Å². The number of aliphatic carboxylic acids is 1. The van der Waals surface area contributed by atoms with Crippen LogP contribution in [0.25, 0.3) is 0 Å². The maximum absolute atomic E-state index is 12.2. The number of hydrogen-bond donors (Lipinski definition) is 4. The fraction of sp³-hybridized carbons (Fsp3) is 0.444. The molecule has 2 aromatic heterocycles. The number of hydrogen-bond acceptors (Lipinski definition) is 6. The van der Waals surface area contributed by atoms with Crippen molar-refractivity contribution in [3.05, 3.63) is 49.8 Å². The predicted molar refractivity (Wildman–Crippen MR) is 104 cm³/mol. The van der Waals surface area contributed by atoms with Gasteiger partial charge in [-0.15, -0.1) is 11.3 Å². The number of amides is 1. The molecule has 4 N–H and O–H groups in total. The van der Waals surface area contributed by atoms with Gasteiger partial charge in [-0.25, -0.2) is 9.78 Å². The van der Waals surface area contributed by atoms with Gasteiger partial charge in [-0.1, -0.05) is 0 Å². The van der Waals surface area contributed by atoms with E-state index in [1.807, 2.05) is 12.1 Å². The molecule has 1 atom stereocenters. The fourth-order valence-electron chi connectivity index (χ4n) is 2.73. The second-order valence-electron chi connectivity index (χ2n) is 6.49. The summed E-state index contributed by atoms with van der Waals surface area (Å²) >= 11 is 1.54. The quantitative estimate of drug-likeness (QED) is 0.558. The molecule has 12 heteroatoms. The average molecular weight is 446 g/mol. The van der Waals surface area contributed by atoms with Crippen LogP contribution < -0.4 is 16.2 Å². The number of aromatic amines is 1. The number of alkyl halides is 3. The highest BCUT2D eigenvalue weighted by atomic mass is 32.1. The van der Waals surface area contributed by atoms with Crippen LogP contribution in [-0.4, -0.2) is 46.2 Å². The summed E-state index contributed by atoms with van der Waals surface area (Å²) in [5.74, 6) is -2.24. The molecule has 2 aromatic rings. The largest absolute Gasteiger partial charge is 0.490 e. The number of aromatic nitrogens is 2. The Balaban J connectivity index is 0.000000396. The zero-order valence-electron chi connectivity index (χ0n) is 16.0. The minimum atomic E-state index is -5.08. The smallest absolute Gasteiger partial charge is 0.475 e. The number of nitrogens with zero attached hydrogens (tertiary/aromatic N) is 1. The molecule has 1 fully saturated rings. The van der Waals surface area contributed by atoms with Crippen LogP contribution in [0, 0.1) is 6.92 Å². The summed E-state index contributed by atoms with van der Waals surface area (Å²) < 4.78 is 31.7. The van der Waals surface area contributed by atoms with Crippen LogP contribution in [0.3, 0.4) is 0 Å². The van der Waals surface area contributed by atoms with Crippen molar-refractivity contribution in [2.45, 2.75) is 38.4 Å². The van der Waals surface area contributed by atoms with E-state index in [0.717, 1.165) is 17.8 Å². The number of rotatable bonds is 5. The van der Waals surface area contributed by atoms with Crippen molar-refractivity contribution >= 4 is 23.2 Å². The molecule has 0 radical (unpaired) electrons. The van der Waals surface area contributed by atoms with E-state index in [4.69, 9.17) is 9.90 Å². The first-order valence-electron chi connectivity index (χ1n) is 9.04. The lowest BCUT2D eigenvalue weighted by Crippen LogP contribution is -2.26. The summed E-state index contributed by atoms with van der Waals surface area (Å²) in [6.45, 7) is 3.27. The van der Waals surface area contributed by atoms with Crippen LogP contribution in [0.5, 0.6) is 0 Å². The molecule has 1 saturated heterocycles. The average Bonchev–Trinajstić information content (AvgIpc) is 3.32. The third-order valence-corrected chi connectivity index (χ3v) is 5.26. The molecule has 0 saturated carbocycles. The van der Waals surface area contributed by atoms with E-state index in [0.29, 0.717) is 30.5 Å². The van der Waals surface area contributed by atoms with Crippen LogP contribution in [0.1, 0.15) is 45.0 Å². The summed E-state index contributed by atoms with van der Waals surface area (Å²) in [6.07, 6.45) is -2.26. The summed E-state index contributed by atoms with van der Waals surface area (Å²) in [4.78, 5) is 41.3. The minimum Gasteiger partial charge on any atom is -0.475 e. The highest BCUT2D eigenvalue weighted by Gasteiger charge is 2.38. The van der Waals surface area contributed by atoms with E-state index in [9.17, 15) is 22.8 Å². The SMILES string of the molecule is Cc1cc(=O)[nH]c(CCNC(=O)c2ccc(C3CCCN3)s2)n1.O=C(O)C(F)(F)F. The summed E-state index contributed by atoms with van der Waals surface area (Å²) in [7, 11) is 0. The standard InChI is InChI=1S/C16H20N4O2S.C2HF3O2/c1-10-9-15(21)20-14(19-10)6-8-18-16(22)13-5-4-12(23-13)11-3-2-7-17-11;3-2(4,5)1(6)7/h4-5,9,11,17H,2-3,6-8H2,1H3,(H,18,22)(H,19,20,21);(H,6,7). The third-order valence-electron chi connectivity index (χ3n) is 4.06. The normalized spacial score (nSPS) is 15.9. The second-order valence-corrected chi connectivity index (χ2v) is 7.61. The molecular weight excluding hydrogens is 425 g/mol. The zero-order valence-corrected chi connectivity index (χ0v) is 16.8. The Labute approximate surface area is 173 Å². The first-order valence-corrected chi connectivity index (χ1v) is 9.86. The van der Waals surface area contributed by atoms with E-state index < -0.39 is 12.1 Å². The fourth-order valence-corrected chi connectivity index (χ4v) is 3.77. The Morgan fingerprint density at radius 1 is 1.37 bits per heavy atom. The summed E-state index contributed by atoms with van der Waals surface area (Å²) in [5, 5.41) is 13.4. The van der Waals surface area contributed by atoms with Crippen molar-refractivity contribution in [3.63, 3.8) is 0 Å². The highest BCUT2D eigenvalue weighted by molar-refractivity contribution is 7.14. The first kappa shape index (κ1) is 23.5. The zero-order chi connectivity index (χ0) is 22.3. The summed E-state index contributed by atoms with van der Waals surface area (Å²) in [6, 6.07) is 5.75. The van der Waals surface area contributed by atoms with Crippen molar-refractivity contribution in [1.82, 2.24) is 20.6 Å². The molecule has 1 amide bonds. The molecule has 1 aliphatic heterocycles. The van der Waals surface area contributed by atoms with Gasteiger partial charge in [0.25, 0.3) is 11.5 Å². The first-order chi connectivity index (χ1) is 14.1. The van der Waals surface area contributed by atoms with E-state index in [-0.39, 0.29) is 11.5 Å². The molecule has 0 bridgehead atoms. The van der Waals surface area contributed by atoms with Gasteiger partial charge in [0.15, 0.2) is 0 Å². The monoisotopic (exact) mass is 446 g/mol. The van der Waals surface area contributed by atoms with Gasteiger partial charge in [-0.2, -0.15) is 13.2 Å². The molecule has 164 valence electrons. The maximum atomic E-state index is 12.2. The van der Waals surface area contributed by atoms with E-state index in [1.54, 1.807) is 18.3 Å². The topological polar surface area (TPSA) is 124 Å². The number of carboxylic acid groups (broad SMARTS) is 1.